The van der Waals surface area contributed by atoms with Crippen molar-refractivity contribution in [3.63, 3.8) is 0 Å². The molecule has 1 aliphatic carbocycles. The van der Waals surface area contributed by atoms with Gasteiger partial charge in [0.25, 0.3) is 5.91 Å². The molecule has 1 amide bonds. The summed E-state index contributed by atoms with van der Waals surface area (Å²) >= 11 is 6.37. The Morgan fingerprint density at radius 1 is 1.10 bits per heavy atom. The van der Waals surface area contributed by atoms with E-state index in [-0.39, 0.29) is 28.4 Å². The van der Waals surface area contributed by atoms with Gasteiger partial charge in [0, 0.05) is 36.7 Å². The number of fused-ring (bicyclic) bond motifs is 3. The van der Waals surface area contributed by atoms with Gasteiger partial charge in [0.2, 0.25) is 10.0 Å². The molecule has 2 aliphatic heterocycles. The zero-order chi connectivity index (χ0) is 36.5. The van der Waals surface area contributed by atoms with Crippen molar-refractivity contribution in [2.75, 3.05) is 24.6 Å². The van der Waals surface area contributed by atoms with E-state index < -0.39 is 35.1 Å². The second-order valence-electron chi connectivity index (χ2n) is 16.4. The average Bonchev–Trinajstić information content (AvgIpc) is 3.04. The van der Waals surface area contributed by atoms with Crippen LogP contribution in [0.2, 0.25) is 23.2 Å². The van der Waals surface area contributed by atoms with Crippen LogP contribution in [0.15, 0.2) is 48.6 Å². The molecule has 50 heavy (non-hydrogen) atoms. The molecule has 8 nitrogen and oxygen atoms in total. The van der Waals surface area contributed by atoms with Gasteiger partial charge in [-0.3, -0.25) is 4.79 Å². The zero-order valence-corrected chi connectivity index (χ0v) is 33.5. The lowest BCUT2D eigenvalue weighted by molar-refractivity contribution is -0.0573. The van der Waals surface area contributed by atoms with E-state index in [1.54, 1.807) is 25.1 Å². The number of anilines is 1. The Hall–Kier alpha value is -2.37. The molecule has 3 aliphatic rings. The van der Waals surface area contributed by atoms with Crippen molar-refractivity contribution in [1.82, 2.24) is 4.72 Å². The lowest BCUT2D eigenvalue weighted by Crippen LogP contribution is -2.51. The summed E-state index contributed by atoms with van der Waals surface area (Å²) in [5, 5.41) is 12.4. The predicted octanol–water partition coefficient (Wildman–Crippen LogP) is 8.28. The SMILES string of the molecule is C[C@@H]1[C@@H](C)C/C=C/[C@@](O)(CCO[Si](C)(C)C(C)(C)C)[C@@H]2CC[C@H]2CN2CCCCc3cc(Cl)ccc3COc3ccc(cc32)C(=O)NS1(=O)=O. The van der Waals surface area contributed by atoms with Crippen LogP contribution in [0.5, 0.6) is 5.75 Å². The fourth-order valence-corrected chi connectivity index (χ4v) is 9.68. The number of amides is 1. The molecule has 1 fully saturated rings. The summed E-state index contributed by atoms with van der Waals surface area (Å²) in [6, 6.07) is 11.1. The van der Waals surface area contributed by atoms with Crippen LogP contribution in [0.1, 0.15) is 94.6 Å². The number of aryl methyl sites for hydroxylation is 1. The second kappa shape index (κ2) is 15.3. The third kappa shape index (κ3) is 8.80. The second-order valence-corrected chi connectivity index (χ2v) is 23.7. The molecule has 2 heterocycles. The Morgan fingerprint density at radius 2 is 1.86 bits per heavy atom. The maximum absolute atomic E-state index is 13.5. The van der Waals surface area contributed by atoms with Gasteiger partial charge in [-0.15, -0.1) is 0 Å². The van der Waals surface area contributed by atoms with E-state index in [1.165, 1.54) is 5.56 Å². The highest BCUT2D eigenvalue weighted by molar-refractivity contribution is 7.90. The Morgan fingerprint density at radius 3 is 2.56 bits per heavy atom. The summed E-state index contributed by atoms with van der Waals surface area (Å²) in [7, 11) is -6.01. The molecule has 1 saturated carbocycles. The van der Waals surface area contributed by atoms with Gasteiger partial charge in [-0.2, -0.15) is 0 Å². The molecule has 2 N–H and O–H groups in total. The molecule has 0 unspecified atom stereocenters. The molecular formula is C39H57ClN2O6SSi. The number of hydrogen-bond acceptors (Lipinski definition) is 7. The van der Waals surface area contributed by atoms with E-state index in [9.17, 15) is 18.3 Å². The van der Waals surface area contributed by atoms with E-state index in [0.717, 1.165) is 49.9 Å². The topological polar surface area (TPSA) is 105 Å². The number of sulfonamides is 1. The van der Waals surface area contributed by atoms with Gasteiger partial charge in [0.1, 0.15) is 12.4 Å². The predicted molar refractivity (Wildman–Crippen MR) is 205 cm³/mol. The number of allylic oxidation sites excluding steroid dienone is 1. The van der Waals surface area contributed by atoms with Gasteiger partial charge in [0.15, 0.2) is 8.32 Å². The third-order valence-corrected chi connectivity index (χ3v) is 18.7. The molecule has 0 spiro atoms. The Bertz CT molecular complexity index is 1670. The molecule has 0 aromatic heterocycles. The molecule has 5 atom stereocenters. The molecule has 276 valence electrons. The molecule has 0 radical (unpaired) electrons. The Balaban J connectivity index is 1.53. The van der Waals surface area contributed by atoms with Crippen LogP contribution in [-0.2, 0) is 27.5 Å². The minimum atomic E-state index is -3.98. The zero-order valence-electron chi connectivity index (χ0n) is 30.9. The van der Waals surface area contributed by atoms with Crippen molar-refractivity contribution in [3.8, 4) is 5.75 Å². The summed E-state index contributed by atoms with van der Waals surface area (Å²) < 4.78 is 42.3. The number of rotatable bonds is 4. The van der Waals surface area contributed by atoms with Crippen LogP contribution in [0.3, 0.4) is 0 Å². The van der Waals surface area contributed by atoms with Crippen molar-refractivity contribution in [2.24, 2.45) is 17.8 Å². The van der Waals surface area contributed by atoms with Gasteiger partial charge in [-0.1, -0.05) is 57.5 Å². The normalized spacial score (nSPS) is 28.5. The van der Waals surface area contributed by atoms with E-state index in [1.807, 2.05) is 37.3 Å². The van der Waals surface area contributed by atoms with E-state index in [0.29, 0.717) is 43.4 Å². The van der Waals surface area contributed by atoms with Crippen LogP contribution < -0.4 is 14.4 Å². The number of ether oxygens (including phenoxy) is 1. The van der Waals surface area contributed by atoms with Crippen LogP contribution in [-0.4, -0.2) is 58.3 Å². The summed E-state index contributed by atoms with van der Waals surface area (Å²) in [6.07, 6.45) is 9.37. The fraction of sp³-hybridized carbons (Fsp3) is 0.615. The maximum atomic E-state index is 13.5. The number of nitrogens with zero attached hydrogens (tertiary/aromatic N) is 1. The highest BCUT2D eigenvalue weighted by atomic mass is 35.5. The van der Waals surface area contributed by atoms with Crippen molar-refractivity contribution in [2.45, 2.75) is 115 Å². The van der Waals surface area contributed by atoms with Crippen LogP contribution >= 0.6 is 11.6 Å². The number of benzene rings is 2. The minimum absolute atomic E-state index is 0.00608. The van der Waals surface area contributed by atoms with Gasteiger partial charge < -0.3 is 19.2 Å². The van der Waals surface area contributed by atoms with Gasteiger partial charge in [-0.05, 0) is 123 Å². The first kappa shape index (κ1) is 38.8. The standard InChI is InChI=1S/C39H57ClN2O6SSi/c1-27-11-10-19-39(44,20-22-48-50(6,7)38(3,4)5)34-17-14-31(34)25-42-21-9-8-12-29-23-33(40)16-13-32(29)26-47-36-18-15-30(24-35(36)42)37(43)41-49(45,46)28(27)2/h10,13,15-16,18-19,23-24,27-28,31,34,44H,8-9,11-12,14,17,20-22,25-26H2,1-7H3,(H,41,43)/b19-10+/t27-,28+,31-,34+,39+/m0/s1. The van der Waals surface area contributed by atoms with Crippen LogP contribution in [0.25, 0.3) is 0 Å². The van der Waals surface area contributed by atoms with Crippen LogP contribution in [0.4, 0.5) is 5.69 Å². The molecule has 5 rings (SSSR count). The number of halogens is 1. The monoisotopic (exact) mass is 744 g/mol. The number of aliphatic hydroxyl groups is 1. The number of nitrogens with one attached hydrogen (secondary N) is 1. The molecular weight excluding hydrogens is 688 g/mol. The molecule has 2 aromatic rings. The van der Waals surface area contributed by atoms with E-state index in [4.69, 9.17) is 20.8 Å². The smallest absolute Gasteiger partial charge is 0.264 e. The van der Waals surface area contributed by atoms with E-state index >= 15 is 0 Å². The van der Waals surface area contributed by atoms with Crippen molar-refractivity contribution in [1.29, 1.82) is 0 Å². The van der Waals surface area contributed by atoms with E-state index in [2.05, 4.69) is 43.5 Å². The first-order valence-electron chi connectivity index (χ1n) is 18.3. The maximum Gasteiger partial charge on any atom is 0.264 e. The third-order valence-electron chi connectivity index (χ3n) is 12.0. The fourth-order valence-electron chi connectivity index (χ4n) is 7.15. The Kier molecular flexibility index (Phi) is 11.9. The minimum Gasteiger partial charge on any atom is -0.487 e. The lowest BCUT2D eigenvalue weighted by atomic mass is 9.63. The molecule has 2 aromatic carbocycles. The summed E-state index contributed by atoms with van der Waals surface area (Å²) in [6.45, 7) is 16.8. The molecule has 2 bridgehead atoms. The molecule has 0 saturated heterocycles. The van der Waals surface area contributed by atoms with Crippen molar-refractivity contribution in [3.05, 3.63) is 70.3 Å². The number of hydrogen-bond donors (Lipinski definition) is 2. The lowest BCUT2D eigenvalue weighted by Gasteiger charge is -2.48. The van der Waals surface area contributed by atoms with Crippen LogP contribution in [0, 0.1) is 17.8 Å². The quantitative estimate of drug-likeness (QED) is 0.240. The number of carbonyl (C=O) groups excluding carboxylic acids is 1. The first-order chi connectivity index (χ1) is 23.4. The number of carbonyl (C=O) groups is 1. The largest absolute Gasteiger partial charge is 0.487 e. The highest BCUT2D eigenvalue weighted by Gasteiger charge is 2.46. The first-order valence-corrected chi connectivity index (χ1v) is 23.1. The summed E-state index contributed by atoms with van der Waals surface area (Å²) in [5.74, 6) is -0.103. The highest BCUT2D eigenvalue weighted by Crippen LogP contribution is 2.47. The van der Waals surface area contributed by atoms with Crippen molar-refractivity contribution >= 4 is 41.5 Å². The van der Waals surface area contributed by atoms with Gasteiger partial charge in [0.05, 0.1) is 16.5 Å². The van der Waals surface area contributed by atoms with Gasteiger partial charge in [-0.25, -0.2) is 13.1 Å². The average molecular weight is 745 g/mol. The summed E-state index contributed by atoms with van der Waals surface area (Å²) in [5.41, 5.74) is 2.15. The van der Waals surface area contributed by atoms with Gasteiger partial charge >= 0.3 is 0 Å². The Labute approximate surface area is 306 Å². The summed E-state index contributed by atoms with van der Waals surface area (Å²) in [4.78, 5) is 15.8. The van der Waals surface area contributed by atoms with Crippen molar-refractivity contribution < 1.29 is 27.5 Å². The molecule has 11 heteroatoms.